The van der Waals surface area contributed by atoms with Gasteiger partial charge in [0.05, 0.1) is 6.04 Å². The van der Waals surface area contributed by atoms with Gasteiger partial charge in [0.1, 0.15) is 12.9 Å². The summed E-state index contributed by atoms with van der Waals surface area (Å²) in [5.74, 6) is -0.0111. The van der Waals surface area contributed by atoms with Gasteiger partial charge in [0, 0.05) is 12.1 Å². The van der Waals surface area contributed by atoms with E-state index in [0.717, 1.165) is 12.8 Å². The molecule has 4 aromatic rings. The highest BCUT2D eigenvalue weighted by Gasteiger charge is 2.34. The van der Waals surface area contributed by atoms with Crippen LogP contribution in [-0.2, 0) is 13.6 Å². The molecule has 0 spiro atoms. The third-order valence-corrected chi connectivity index (χ3v) is 5.56. The molecule has 3 aromatic heterocycles. The molecule has 0 amide bonds. The lowest BCUT2D eigenvalue weighted by Gasteiger charge is -2.34. The standard InChI is InChI=1S/C18H16ClN7O3/c1-24-15-16(21-23-24)20-9-25(17(15)27)8-14-22-26(18(28)29-14)13-6-11(7-13)10-2-4-12(19)5-3-10/h2-5,9,11,13H,6-8H2,1H3. The van der Waals surface area contributed by atoms with Crippen molar-refractivity contribution in [2.75, 3.05) is 0 Å². The van der Waals surface area contributed by atoms with Crippen molar-refractivity contribution in [1.29, 1.82) is 0 Å². The Labute approximate surface area is 168 Å². The fraction of sp³-hybridized carbons (Fsp3) is 0.333. The quantitative estimate of drug-likeness (QED) is 0.498. The summed E-state index contributed by atoms with van der Waals surface area (Å²) < 4.78 is 9.31. The third kappa shape index (κ3) is 3.05. The predicted octanol–water partition coefficient (Wildman–Crippen LogP) is 1.50. The summed E-state index contributed by atoms with van der Waals surface area (Å²) in [6.45, 7) is 0.00251. The zero-order valence-corrected chi connectivity index (χ0v) is 16.2. The number of fused-ring (bicyclic) bond motifs is 1. The largest absolute Gasteiger partial charge is 0.437 e. The van der Waals surface area contributed by atoms with E-state index in [9.17, 15) is 9.59 Å². The van der Waals surface area contributed by atoms with Gasteiger partial charge in [-0.2, -0.15) is 4.68 Å². The van der Waals surface area contributed by atoms with Crippen molar-refractivity contribution < 1.29 is 4.42 Å². The lowest BCUT2D eigenvalue weighted by atomic mass is 9.76. The second kappa shape index (κ2) is 6.66. The molecular weight excluding hydrogens is 398 g/mol. The molecule has 0 radical (unpaired) electrons. The molecule has 1 saturated carbocycles. The van der Waals surface area contributed by atoms with E-state index >= 15 is 0 Å². The van der Waals surface area contributed by atoms with Crippen molar-refractivity contribution in [2.45, 2.75) is 31.3 Å². The Morgan fingerprint density at radius 3 is 2.72 bits per heavy atom. The maximum Gasteiger partial charge on any atom is 0.437 e. The highest BCUT2D eigenvalue weighted by molar-refractivity contribution is 6.30. The van der Waals surface area contributed by atoms with E-state index in [1.54, 1.807) is 7.05 Å². The molecular formula is C18H16ClN7O3. The molecule has 0 saturated heterocycles. The van der Waals surface area contributed by atoms with Gasteiger partial charge < -0.3 is 4.42 Å². The first kappa shape index (κ1) is 17.8. The van der Waals surface area contributed by atoms with Crippen LogP contribution in [0, 0.1) is 0 Å². The number of nitrogens with zero attached hydrogens (tertiary/aromatic N) is 7. The maximum atomic E-state index is 12.6. The smallest absolute Gasteiger partial charge is 0.390 e. The Kier molecular flexibility index (Phi) is 4.09. The lowest BCUT2D eigenvalue weighted by molar-refractivity contribution is 0.233. The van der Waals surface area contributed by atoms with E-state index in [1.807, 2.05) is 24.3 Å². The molecule has 11 heteroatoms. The SMILES string of the molecule is Cn1nnc2ncn(Cc3nn(C4CC(c5ccc(Cl)cc5)C4)c(=O)o3)c(=O)c21. The Morgan fingerprint density at radius 1 is 1.21 bits per heavy atom. The Bertz CT molecular complexity index is 1310. The summed E-state index contributed by atoms with van der Waals surface area (Å²) in [7, 11) is 1.62. The molecule has 1 aromatic carbocycles. The number of halogens is 1. The third-order valence-electron chi connectivity index (χ3n) is 5.31. The van der Waals surface area contributed by atoms with Crippen LogP contribution in [0.15, 0.2) is 44.6 Å². The normalized spacial score (nSPS) is 18.8. The maximum absolute atomic E-state index is 12.6. The van der Waals surface area contributed by atoms with Crippen LogP contribution in [0.3, 0.4) is 0 Å². The van der Waals surface area contributed by atoms with Gasteiger partial charge in [-0.3, -0.25) is 9.36 Å². The molecule has 3 heterocycles. The van der Waals surface area contributed by atoms with Gasteiger partial charge in [0.2, 0.25) is 11.5 Å². The molecule has 148 valence electrons. The van der Waals surface area contributed by atoms with Gasteiger partial charge >= 0.3 is 5.76 Å². The van der Waals surface area contributed by atoms with Crippen LogP contribution in [-0.4, -0.2) is 34.3 Å². The highest BCUT2D eigenvalue weighted by Crippen LogP contribution is 2.43. The summed E-state index contributed by atoms with van der Waals surface area (Å²) >= 11 is 5.93. The monoisotopic (exact) mass is 413 g/mol. The van der Waals surface area contributed by atoms with Crippen molar-refractivity contribution in [2.24, 2.45) is 7.05 Å². The molecule has 0 bridgehead atoms. The van der Waals surface area contributed by atoms with E-state index in [2.05, 4.69) is 20.4 Å². The predicted molar refractivity (Wildman–Crippen MR) is 103 cm³/mol. The zero-order valence-electron chi connectivity index (χ0n) is 15.4. The highest BCUT2D eigenvalue weighted by atomic mass is 35.5. The van der Waals surface area contributed by atoms with Gasteiger partial charge in [-0.25, -0.2) is 14.5 Å². The first-order valence-corrected chi connectivity index (χ1v) is 9.46. The summed E-state index contributed by atoms with van der Waals surface area (Å²) in [4.78, 5) is 28.9. The molecule has 0 aliphatic heterocycles. The average Bonchev–Trinajstić information content (AvgIpc) is 3.21. The molecule has 0 unspecified atom stereocenters. The van der Waals surface area contributed by atoms with E-state index in [1.165, 1.54) is 25.8 Å². The lowest BCUT2D eigenvalue weighted by Crippen LogP contribution is -2.31. The minimum Gasteiger partial charge on any atom is -0.390 e. The fourth-order valence-electron chi connectivity index (χ4n) is 3.66. The van der Waals surface area contributed by atoms with Crippen LogP contribution in [0.5, 0.6) is 0 Å². The van der Waals surface area contributed by atoms with Crippen LogP contribution in [0.2, 0.25) is 5.02 Å². The second-order valence-corrected chi connectivity index (χ2v) is 7.58. The molecule has 0 N–H and O–H groups in total. The summed E-state index contributed by atoms with van der Waals surface area (Å²) in [5, 5.41) is 12.6. The van der Waals surface area contributed by atoms with Gasteiger partial charge in [-0.1, -0.05) is 28.9 Å². The van der Waals surface area contributed by atoms with E-state index in [-0.39, 0.29) is 35.2 Å². The number of hydrogen-bond acceptors (Lipinski definition) is 7. The number of aromatic nitrogens is 7. The molecule has 10 nitrogen and oxygen atoms in total. The van der Waals surface area contributed by atoms with Crippen LogP contribution in [0.25, 0.3) is 11.2 Å². The van der Waals surface area contributed by atoms with Crippen molar-refractivity contribution in [3.05, 3.63) is 68.0 Å². The van der Waals surface area contributed by atoms with E-state index in [4.69, 9.17) is 16.0 Å². The topological polar surface area (TPSA) is 114 Å². The van der Waals surface area contributed by atoms with Gasteiger partial charge in [0.15, 0.2) is 5.52 Å². The first-order valence-electron chi connectivity index (χ1n) is 9.08. The average molecular weight is 414 g/mol. The zero-order chi connectivity index (χ0) is 20.1. The summed E-state index contributed by atoms with van der Waals surface area (Å²) in [6, 6.07) is 7.71. The summed E-state index contributed by atoms with van der Waals surface area (Å²) in [5.41, 5.74) is 1.41. The van der Waals surface area contributed by atoms with Crippen LogP contribution in [0.4, 0.5) is 0 Å². The first-order chi connectivity index (χ1) is 14.0. The van der Waals surface area contributed by atoms with Crippen LogP contribution >= 0.6 is 11.6 Å². The van der Waals surface area contributed by atoms with Gasteiger partial charge in [0.25, 0.3) is 5.56 Å². The van der Waals surface area contributed by atoms with Gasteiger partial charge in [-0.15, -0.1) is 10.2 Å². The van der Waals surface area contributed by atoms with Crippen molar-refractivity contribution in [3.63, 3.8) is 0 Å². The molecule has 29 heavy (non-hydrogen) atoms. The minimum atomic E-state index is -0.524. The fourth-order valence-corrected chi connectivity index (χ4v) is 3.78. The Morgan fingerprint density at radius 2 is 1.97 bits per heavy atom. The van der Waals surface area contributed by atoms with E-state index < -0.39 is 5.76 Å². The minimum absolute atomic E-state index is 0.00251. The summed E-state index contributed by atoms with van der Waals surface area (Å²) in [6.07, 6.45) is 2.93. The number of aryl methyl sites for hydroxylation is 1. The van der Waals surface area contributed by atoms with Gasteiger partial charge in [-0.05, 0) is 36.5 Å². The Balaban J connectivity index is 1.35. The molecule has 0 atom stereocenters. The van der Waals surface area contributed by atoms with E-state index in [0.29, 0.717) is 10.9 Å². The molecule has 1 aliphatic rings. The molecule has 1 aliphatic carbocycles. The van der Waals surface area contributed by atoms with Crippen molar-refractivity contribution in [1.82, 2.24) is 34.3 Å². The van der Waals surface area contributed by atoms with Crippen LogP contribution < -0.4 is 11.3 Å². The second-order valence-electron chi connectivity index (χ2n) is 7.14. The molecule has 1 fully saturated rings. The van der Waals surface area contributed by atoms with Crippen molar-refractivity contribution in [3.8, 4) is 0 Å². The number of benzene rings is 1. The Hall–Kier alpha value is -3.27. The van der Waals surface area contributed by atoms with Crippen molar-refractivity contribution >= 4 is 22.8 Å². The van der Waals surface area contributed by atoms with Crippen LogP contribution in [0.1, 0.15) is 36.3 Å². The molecule has 5 rings (SSSR count). The number of rotatable bonds is 4. The number of hydrogen-bond donors (Lipinski definition) is 0.